The Kier molecular flexibility index (Phi) is 3.36. The number of hydrogen-bond donors (Lipinski definition) is 1. The average molecular weight is 243 g/mol. The summed E-state index contributed by atoms with van der Waals surface area (Å²) in [5, 5.41) is 2.58. The van der Waals surface area contributed by atoms with Crippen LogP contribution < -0.4 is 5.32 Å². The van der Waals surface area contributed by atoms with E-state index < -0.39 is 23.4 Å². The second kappa shape index (κ2) is 4.77. The lowest BCUT2D eigenvalue weighted by Gasteiger charge is -2.25. The summed E-state index contributed by atoms with van der Waals surface area (Å²) in [7, 11) is 0. The number of carbonyl (C=O) groups is 1. The first kappa shape index (κ1) is 12.0. The molecule has 1 N–H and O–H groups in total. The van der Waals surface area contributed by atoms with Gasteiger partial charge in [-0.25, -0.2) is 13.2 Å². The van der Waals surface area contributed by atoms with E-state index in [0.717, 1.165) is 19.3 Å². The fourth-order valence-corrected chi connectivity index (χ4v) is 1.72. The molecule has 1 aromatic carbocycles. The SMILES string of the molecule is O=C(NCC1CCC1)c1cc(F)c(F)c(F)c1. The minimum Gasteiger partial charge on any atom is -0.352 e. The Bertz CT molecular complexity index is 420. The maximum Gasteiger partial charge on any atom is 0.251 e. The van der Waals surface area contributed by atoms with Crippen molar-refractivity contribution in [3.05, 3.63) is 35.1 Å². The molecule has 0 bridgehead atoms. The molecule has 5 heteroatoms. The zero-order valence-electron chi connectivity index (χ0n) is 9.10. The van der Waals surface area contributed by atoms with Crippen molar-refractivity contribution in [2.45, 2.75) is 19.3 Å². The van der Waals surface area contributed by atoms with E-state index >= 15 is 0 Å². The zero-order valence-corrected chi connectivity index (χ0v) is 9.10. The van der Waals surface area contributed by atoms with Crippen LogP contribution in [0.5, 0.6) is 0 Å². The zero-order chi connectivity index (χ0) is 12.4. The van der Waals surface area contributed by atoms with Crippen LogP contribution in [-0.4, -0.2) is 12.5 Å². The third-order valence-electron chi connectivity index (χ3n) is 3.02. The Labute approximate surface area is 96.8 Å². The van der Waals surface area contributed by atoms with Crippen molar-refractivity contribution in [3.63, 3.8) is 0 Å². The van der Waals surface area contributed by atoms with Crippen LogP contribution in [0.2, 0.25) is 0 Å². The van der Waals surface area contributed by atoms with E-state index in [1.54, 1.807) is 0 Å². The Balaban J connectivity index is 2.02. The molecule has 0 spiro atoms. The van der Waals surface area contributed by atoms with E-state index in [2.05, 4.69) is 5.32 Å². The maximum atomic E-state index is 12.9. The highest BCUT2D eigenvalue weighted by Crippen LogP contribution is 2.25. The number of amides is 1. The molecule has 0 atom stereocenters. The number of halogens is 3. The standard InChI is InChI=1S/C12H12F3NO/c13-9-4-8(5-10(14)11(9)15)12(17)16-6-7-2-1-3-7/h4-5,7H,1-3,6H2,(H,16,17). The van der Waals surface area contributed by atoms with Gasteiger partial charge in [-0.2, -0.15) is 0 Å². The van der Waals surface area contributed by atoms with Crippen LogP contribution in [0.15, 0.2) is 12.1 Å². The fraction of sp³-hybridized carbons (Fsp3) is 0.417. The lowest BCUT2D eigenvalue weighted by molar-refractivity contribution is 0.0938. The first-order valence-corrected chi connectivity index (χ1v) is 5.50. The molecule has 0 aliphatic heterocycles. The maximum absolute atomic E-state index is 12.9. The highest BCUT2D eigenvalue weighted by atomic mass is 19.2. The Morgan fingerprint density at radius 1 is 1.24 bits per heavy atom. The first-order valence-electron chi connectivity index (χ1n) is 5.50. The van der Waals surface area contributed by atoms with Crippen LogP contribution in [0.1, 0.15) is 29.6 Å². The average Bonchev–Trinajstić information content (AvgIpc) is 2.22. The second-order valence-corrected chi connectivity index (χ2v) is 4.26. The van der Waals surface area contributed by atoms with E-state index in [1.165, 1.54) is 0 Å². The molecule has 2 rings (SSSR count). The second-order valence-electron chi connectivity index (χ2n) is 4.26. The molecule has 0 heterocycles. The third-order valence-corrected chi connectivity index (χ3v) is 3.02. The van der Waals surface area contributed by atoms with Crippen molar-refractivity contribution in [1.82, 2.24) is 5.32 Å². The lowest BCUT2D eigenvalue weighted by Crippen LogP contribution is -2.32. The largest absolute Gasteiger partial charge is 0.352 e. The molecule has 17 heavy (non-hydrogen) atoms. The minimum absolute atomic E-state index is 0.194. The number of hydrogen-bond acceptors (Lipinski definition) is 1. The van der Waals surface area contributed by atoms with Gasteiger partial charge in [0, 0.05) is 12.1 Å². The van der Waals surface area contributed by atoms with Crippen LogP contribution in [0, 0.1) is 23.4 Å². The number of carbonyl (C=O) groups excluding carboxylic acids is 1. The topological polar surface area (TPSA) is 29.1 Å². The van der Waals surface area contributed by atoms with Gasteiger partial charge in [0.05, 0.1) is 0 Å². The van der Waals surface area contributed by atoms with Gasteiger partial charge in [-0.3, -0.25) is 4.79 Å². The minimum atomic E-state index is -1.56. The summed E-state index contributed by atoms with van der Waals surface area (Å²) in [6.07, 6.45) is 3.28. The molecule has 1 aliphatic rings. The summed E-state index contributed by atoms with van der Waals surface area (Å²) in [5.74, 6) is -4.37. The van der Waals surface area contributed by atoms with E-state index in [0.29, 0.717) is 24.6 Å². The molecule has 1 fully saturated rings. The van der Waals surface area contributed by atoms with Gasteiger partial charge in [0.25, 0.3) is 5.91 Å². The van der Waals surface area contributed by atoms with Gasteiger partial charge < -0.3 is 5.32 Å². The molecule has 2 nitrogen and oxygen atoms in total. The van der Waals surface area contributed by atoms with E-state index in [1.807, 2.05) is 0 Å². The van der Waals surface area contributed by atoms with Crippen molar-refractivity contribution in [1.29, 1.82) is 0 Å². The normalized spacial score (nSPS) is 15.5. The Morgan fingerprint density at radius 2 is 1.82 bits per heavy atom. The summed E-state index contributed by atoms with van der Waals surface area (Å²) in [5.41, 5.74) is -0.194. The van der Waals surface area contributed by atoms with Crippen molar-refractivity contribution in [2.75, 3.05) is 6.54 Å². The molecule has 1 aromatic rings. The highest BCUT2D eigenvalue weighted by molar-refractivity contribution is 5.94. The predicted octanol–water partition coefficient (Wildman–Crippen LogP) is 2.63. The van der Waals surface area contributed by atoms with Crippen LogP contribution in [0.3, 0.4) is 0 Å². The van der Waals surface area contributed by atoms with Gasteiger partial charge in [0.2, 0.25) is 0 Å². The molecule has 0 unspecified atom stereocenters. The number of nitrogens with one attached hydrogen (secondary N) is 1. The van der Waals surface area contributed by atoms with Gasteiger partial charge in [-0.1, -0.05) is 6.42 Å². The fourth-order valence-electron chi connectivity index (χ4n) is 1.72. The summed E-state index contributed by atoms with van der Waals surface area (Å²) in [4.78, 5) is 11.5. The van der Waals surface area contributed by atoms with Crippen molar-refractivity contribution in [3.8, 4) is 0 Å². The summed E-state index contributed by atoms with van der Waals surface area (Å²) in [6, 6.07) is 1.41. The van der Waals surface area contributed by atoms with Crippen molar-refractivity contribution >= 4 is 5.91 Å². The summed E-state index contributed by atoms with van der Waals surface area (Å²) < 4.78 is 38.4. The van der Waals surface area contributed by atoms with Crippen molar-refractivity contribution in [2.24, 2.45) is 5.92 Å². The van der Waals surface area contributed by atoms with Gasteiger partial charge in [0.15, 0.2) is 17.5 Å². The molecular weight excluding hydrogens is 231 g/mol. The molecule has 1 saturated carbocycles. The van der Waals surface area contributed by atoms with E-state index in [4.69, 9.17) is 0 Å². The summed E-state index contributed by atoms with van der Waals surface area (Å²) >= 11 is 0. The van der Waals surface area contributed by atoms with Gasteiger partial charge in [0.1, 0.15) is 0 Å². The summed E-state index contributed by atoms with van der Waals surface area (Å²) in [6.45, 7) is 0.499. The van der Waals surface area contributed by atoms with Crippen LogP contribution in [-0.2, 0) is 0 Å². The van der Waals surface area contributed by atoms with Gasteiger partial charge >= 0.3 is 0 Å². The number of rotatable bonds is 3. The van der Waals surface area contributed by atoms with E-state index in [-0.39, 0.29) is 5.56 Å². The highest BCUT2D eigenvalue weighted by Gasteiger charge is 2.19. The van der Waals surface area contributed by atoms with Crippen LogP contribution >= 0.6 is 0 Å². The Hall–Kier alpha value is -1.52. The van der Waals surface area contributed by atoms with Gasteiger partial charge in [-0.05, 0) is 30.9 Å². The first-order chi connectivity index (χ1) is 8.08. The van der Waals surface area contributed by atoms with Crippen molar-refractivity contribution < 1.29 is 18.0 Å². The molecule has 1 aliphatic carbocycles. The molecule has 92 valence electrons. The number of benzene rings is 1. The van der Waals surface area contributed by atoms with E-state index in [9.17, 15) is 18.0 Å². The van der Waals surface area contributed by atoms with Crippen LogP contribution in [0.4, 0.5) is 13.2 Å². The quantitative estimate of drug-likeness (QED) is 0.812. The molecule has 0 saturated heterocycles. The third kappa shape index (κ3) is 2.60. The molecule has 0 aromatic heterocycles. The monoisotopic (exact) mass is 243 g/mol. The lowest BCUT2D eigenvalue weighted by atomic mass is 9.85. The Morgan fingerprint density at radius 3 is 2.29 bits per heavy atom. The van der Waals surface area contributed by atoms with Crippen LogP contribution in [0.25, 0.3) is 0 Å². The smallest absolute Gasteiger partial charge is 0.251 e. The molecule has 0 radical (unpaired) electrons. The predicted molar refractivity (Wildman–Crippen MR) is 56.0 cm³/mol. The molecule has 1 amide bonds. The van der Waals surface area contributed by atoms with Gasteiger partial charge in [-0.15, -0.1) is 0 Å². The molecular formula is C12H12F3NO.